The molecule has 23 heavy (non-hydrogen) atoms. The molecule has 0 fully saturated rings. The van der Waals surface area contributed by atoms with E-state index in [4.69, 9.17) is 0 Å². The van der Waals surface area contributed by atoms with Crippen molar-refractivity contribution in [1.82, 2.24) is 0 Å². The molecule has 0 unspecified atom stereocenters. The minimum atomic E-state index is 1.29. The molecule has 0 nitrogen and oxygen atoms in total. The van der Waals surface area contributed by atoms with Gasteiger partial charge in [0, 0.05) is 0 Å². The average molecular weight is 300 g/mol. The lowest BCUT2D eigenvalue weighted by Crippen LogP contribution is -1.88. The van der Waals surface area contributed by atoms with Gasteiger partial charge in [0.15, 0.2) is 0 Å². The van der Waals surface area contributed by atoms with E-state index in [0.29, 0.717) is 0 Å². The molecule has 3 aromatic rings. The van der Waals surface area contributed by atoms with Crippen LogP contribution in [0.4, 0.5) is 0 Å². The van der Waals surface area contributed by atoms with Crippen LogP contribution in [0.1, 0.15) is 27.8 Å². The third-order valence-electron chi connectivity index (χ3n) is 4.76. The summed E-state index contributed by atoms with van der Waals surface area (Å²) in [5, 5.41) is 0. The summed E-state index contributed by atoms with van der Waals surface area (Å²) in [5.74, 6) is 0. The SMILES string of the molecule is Cc1cc(-c2ccc(C)c(C)c2)cc(-c2ccc(C)c(C)c2)c1. The first-order valence-corrected chi connectivity index (χ1v) is 8.21. The van der Waals surface area contributed by atoms with E-state index in [1.807, 2.05) is 0 Å². The van der Waals surface area contributed by atoms with Crippen molar-refractivity contribution in [2.75, 3.05) is 0 Å². The van der Waals surface area contributed by atoms with Crippen molar-refractivity contribution in [3.8, 4) is 22.3 Å². The second kappa shape index (κ2) is 6.04. The maximum atomic E-state index is 2.31. The summed E-state index contributed by atoms with van der Waals surface area (Å²) in [6.07, 6.45) is 0. The average Bonchev–Trinajstić information content (AvgIpc) is 2.52. The van der Waals surface area contributed by atoms with Crippen molar-refractivity contribution in [2.45, 2.75) is 34.6 Å². The van der Waals surface area contributed by atoms with Gasteiger partial charge in [-0.2, -0.15) is 0 Å². The Morgan fingerprint density at radius 2 is 0.826 bits per heavy atom. The Hall–Kier alpha value is -2.34. The van der Waals surface area contributed by atoms with Crippen LogP contribution in [0.25, 0.3) is 22.3 Å². The molecule has 0 saturated carbocycles. The van der Waals surface area contributed by atoms with Crippen LogP contribution < -0.4 is 0 Å². The van der Waals surface area contributed by atoms with E-state index in [2.05, 4.69) is 89.2 Å². The summed E-state index contributed by atoms with van der Waals surface area (Å²) >= 11 is 0. The van der Waals surface area contributed by atoms with E-state index >= 15 is 0 Å². The number of benzene rings is 3. The zero-order valence-electron chi connectivity index (χ0n) is 14.7. The van der Waals surface area contributed by atoms with Crippen molar-refractivity contribution >= 4 is 0 Å². The summed E-state index contributed by atoms with van der Waals surface area (Å²) in [4.78, 5) is 0. The third-order valence-corrected chi connectivity index (χ3v) is 4.76. The van der Waals surface area contributed by atoms with Gasteiger partial charge in [-0.25, -0.2) is 0 Å². The number of hydrogen-bond acceptors (Lipinski definition) is 0. The Morgan fingerprint density at radius 1 is 0.391 bits per heavy atom. The molecule has 0 atom stereocenters. The smallest absolute Gasteiger partial charge is 0.0175 e. The molecule has 0 aliphatic carbocycles. The van der Waals surface area contributed by atoms with E-state index in [1.165, 1.54) is 50.1 Å². The van der Waals surface area contributed by atoms with Gasteiger partial charge in [0.05, 0.1) is 0 Å². The highest BCUT2D eigenvalue weighted by Gasteiger charge is 2.06. The number of rotatable bonds is 2. The van der Waals surface area contributed by atoms with Crippen molar-refractivity contribution in [3.05, 3.63) is 82.4 Å². The Bertz CT molecular complexity index is 799. The van der Waals surface area contributed by atoms with Gasteiger partial charge < -0.3 is 0 Å². The minimum absolute atomic E-state index is 1.29. The van der Waals surface area contributed by atoms with Crippen LogP contribution in [0, 0.1) is 34.6 Å². The fraction of sp³-hybridized carbons (Fsp3) is 0.217. The van der Waals surface area contributed by atoms with Gasteiger partial charge >= 0.3 is 0 Å². The molecule has 116 valence electrons. The molecule has 0 N–H and O–H groups in total. The molecule has 3 rings (SSSR count). The van der Waals surface area contributed by atoms with E-state index in [9.17, 15) is 0 Å². The van der Waals surface area contributed by atoms with Gasteiger partial charge in [0.1, 0.15) is 0 Å². The molecule has 0 radical (unpaired) electrons. The Balaban J connectivity index is 2.11. The van der Waals surface area contributed by atoms with Crippen LogP contribution in [-0.4, -0.2) is 0 Å². The van der Waals surface area contributed by atoms with Crippen LogP contribution in [0.3, 0.4) is 0 Å². The normalized spacial score (nSPS) is 10.8. The van der Waals surface area contributed by atoms with Crippen molar-refractivity contribution < 1.29 is 0 Å². The topological polar surface area (TPSA) is 0 Å². The van der Waals surface area contributed by atoms with Gasteiger partial charge in [0.2, 0.25) is 0 Å². The summed E-state index contributed by atoms with van der Waals surface area (Å²) in [7, 11) is 0. The predicted molar refractivity (Wildman–Crippen MR) is 101 cm³/mol. The highest BCUT2D eigenvalue weighted by atomic mass is 14.1. The van der Waals surface area contributed by atoms with Crippen molar-refractivity contribution in [2.24, 2.45) is 0 Å². The van der Waals surface area contributed by atoms with Crippen LogP contribution in [-0.2, 0) is 0 Å². The van der Waals surface area contributed by atoms with Gasteiger partial charge in [-0.05, 0) is 90.8 Å². The van der Waals surface area contributed by atoms with E-state index in [-0.39, 0.29) is 0 Å². The monoisotopic (exact) mass is 300 g/mol. The highest BCUT2D eigenvalue weighted by Crippen LogP contribution is 2.30. The van der Waals surface area contributed by atoms with E-state index in [0.717, 1.165) is 0 Å². The lowest BCUT2D eigenvalue weighted by molar-refractivity contribution is 1.33. The molecule has 3 aromatic carbocycles. The largest absolute Gasteiger partial charge is 0.0584 e. The molecule has 0 aromatic heterocycles. The van der Waals surface area contributed by atoms with Gasteiger partial charge in [-0.3, -0.25) is 0 Å². The second-order valence-electron chi connectivity index (χ2n) is 6.69. The molecule has 0 aliphatic rings. The predicted octanol–water partition coefficient (Wildman–Crippen LogP) is 6.56. The molecule has 0 saturated heterocycles. The Morgan fingerprint density at radius 3 is 1.22 bits per heavy atom. The summed E-state index contributed by atoms with van der Waals surface area (Å²) in [5.41, 5.74) is 11.8. The summed E-state index contributed by atoms with van der Waals surface area (Å²) < 4.78 is 0. The van der Waals surface area contributed by atoms with Crippen molar-refractivity contribution in [3.63, 3.8) is 0 Å². The molecule has 0 spiro atoms. The zero-order chi connectivity index (χ0) is 16.6. The van der Waals surface area contributed by atoms with Gasteiger partial charge in [-0.1, -0.05) is 48.5 Å². The Labute approximate surface area is 139 Å². The molecule has 0 bridgehead atoms. The Kier molecular flexibility index (Phi) is 4.09. The maximum absolute atomic E-state index is 2.31. The molecular weight excluding hydrogens is 276 g/mol. The summed E-state index contributed by atoms with van der Waals surface area (Å²) in [6, 6.07) is 20.3. The van der Waals surface area contributed by atoms with Gasteiger partial charge in [-0.15, -0.1) is 0 Å². The molecule has 0 heterocycles. The fourth-order valence-electron chi connectivity index (χ4n) is 2.96. The van der Waals surface area contributed by atoms with E-state index in [1.54, 1.807) is 0 Å². The van der Waals surface area contributed by atoms with Gasteiger partial charge in [0.25, 0.3) is 0 Å². The molecular formula is C23H24. The lowest BCUT2D eigenvalue weighted by atomic mass is 9.94. The van der Waals surface area contributed by atoms with Crippen LogP contribution >= 0.6 is 0 Å². The van der Waals surface area contributed by atoms with Crippen LogP contribution in [0.5, 0.6) is 0 Å². The number of aryl methyl sites for hydroxylation is 5. The lowest BCUT2D eigenvalue weighted by Gasteiger charge is -2.11. The highest BCUT2D eigenvalue weighted by molar-refractivity contribution is 5.75. The van der Waals surface area contributed by atoms with Crippen molar-refractivity contribution in [1.29, 1.82) is 0 Å². The maximum Gasteiger partial charge on any atom is -0.0175 e. The van der Waals surface area contributed by atoms with Crippen LogP contribution in [0.2, 0.25) is 0 Å². The number of hydrogen-bond donors (Lipinski definition) is 0. The van der Waals surface area contributed by atoms with E-state index < -0.39 is 0 Å². The molecule has 0 heteroatoms. The quantitative estimate of drug-likeness (QED) is 0.502. The minimum Gasteiger partial charge on any atom is -0.0584 e. The first-order chi connectivity index (χ1) is 10.9. The second-order valence-corrected chi connectivity index (χ2v) is 6.69. The zero-order valence-corrected chi connectivity index (χ0v) is 14.7. The molecule has 0 amide bonds. The third kappa shape index (κ3) is 3.22. The first-order valence-electron chi connectivity index (χ1n) is 8.21. The fourth-order valence-corrected chi connectivity index (χ4v) is 2.96. The van der Waals surface area contributed by atoms with Crippen LogP contribution in [0.15, 0.2) is 54.6 Å². The first kappa shape index (κ1) is 15.6. The molecule has 0 aliphatic heterocycles. The summed E-state index contributed by atoms with van der Waals surface area (Å²) in [6.45, 7) is 10.9. The standard InChI is InChI=1S/C23H24/c1-15-10-22(20-8-6-16(2)18(4)12-20)14-23(11-15)21-9-7-17(3)19(5)13-21/h6-14H,1-5H3.